The summed E-state index contributed by atoms with van der Waals surface area (Å²) in [4.78, 5) is 0. The van der Waals surface area contributed by atoms with Gasteiger partial charge in [0.1, 0.15) is 0 Å². The molecule has 0 saturated carbocycles. The highest BCUT2D eigenvalue weighted by Gasteiger charge is 2.22. The van der Waals surface area contributed by atoms with E-state index in [2.05, 4.69) is 36.3 Å². The Labute approximate surface area is 100 Å². The molecule has 2 N–H and O–H groups in total. The second-order valence-corrected chi connectivity index (χ2v) is 4.32. The number of benzene rings is 1. The molecule has 0 spiro atoms. The molecule has 0 unspecified atom stereocenters. The molecule has 3 rings (SSSR count). The van der Waals surface area contributed by atoms with E-state index < -0.39 is 0 Å². The van der Waals surface area contributed by atoms with Crippen LogP contribution in [0.15, 0.2) is 24.3 Å². The van der Waals surface area contributed by atoms with E-state index in [1.54, 1.807) is 0 Å². The van der Waals surface area contributed by atoms with Crippen LogP contribution < -0.4 is 5.73 Å². The maximum Gasteiger partial charge on any atom is 0.0945 e. The summed E-state index contributed by atoms with van der Waals surface area (Å²) >= 11 is 0. The number of nitrogens with zero attached hydrogens (tertiary/aromatic N) is 2. The molecule has 0 fully saturated rings. The van der Waals surface area contributed by atoms with Crippen molar-refractivity contribution >= 4 is 0 Å². The molecule has 0 amide bonds. The lowest BCUT2D eigenvalue weighted by molar-refractivity contribution is 0.130. The average Bonchev–Trinajstić information content (AvgIpc) is 2.89. The molecule has 2 aromatic rings. The van der Waals surface area contributed by atoms with Gasteiger partial charge in [-0.15, -0.1) is 0 Å². The number of aryl methyl sites for hydroxylation is 1. The first-order valence-electron chi connectivity index (χ1n) is 5.74. The lowest BCUT2D eigenvalue weighted by Gasteiger charge is -2.07. The van der Waals surface area contributed by atoms with Gasteiger partial charge >= 0.3 is 0 Å². The molecule has 2 heterocycles. The Morgan fingerprint density at radius 2 is 2.06 bits per heavy atom. The third-order valence-corrected chi connectivity index (χ3v) is 3.13. The fraction of sp³-hybridized carbons (Fsp3) is 0.308. The predicted octanol–water partition coefficient (Wildman–Crippen LogP) is 1.67. The van der Waals surface area contributed by atoms with Crippen LogP contribution in [0.5, 0.6) is 0 Å². The van der Waals surface area contributed by atoms with E-state index in [1.807, 2.05) is 4.68 Å². The van der Waals surface area contributed by atoms with E-state index in [1.165, 1.54) is 5.56 Å². The summed E-state index contributed by atoms with van der Waals surface area (Å²) < 4.78 is 7.31. The van der Waals surface area contributed by atoms with Crippen LogP contribution in [-0.4, -0.2) is 9.78 Å². The number of hydrogen-bond acceptors (Lipinski definition) is 3. The van der Waals surface area contributed by atoms with Gasteiger partial charge in [-0.3, -0.25) is 0 Å². The van der Waals surface area contributed by atoms with Crippen LogP contribution in [0.25, 0.3) is 5.69 Å². The Kier molecular flexibility index (Phi) is 2.46. The minimum absolute atomic E-state index is 0.486. The lowest BCUT2D eigenvalue weighted by Crippen LogP contribution is -2.09. The van der Waals surface area contributed by atoms with Crippen molar-refractivity contribution in [2.24, 2.45) is 5.73 Å². The number of aromatic nitrogens is 2. The smallest absolute Gasteiger partial charge is 0.0945 e. The fourth-order valence-corrected chi connectivity index (χ4v) is 2.18. The maximum absolute atomic E-state index is 5.82. The number of ether oxygens (including phenoxy) is 1. The molecule has 1 aromatic carbocycles. The average molecular weight is 229 g/mol. The zero-order chi connectivity index (χ0) is 11.8. The third kappa shape index (κ3) is 1.66. The highest BCUT2D eigenvalue weighted by Crippen LogP contribution is 2.25. The van der Waals surface area contributed by atoms with Crippen molar-refractivity contribution in [3.05, 3.63) is 46.8 Å². The van der Waals surface area contributed by atoms with Crippen LogP contribution in [0, 0.1) is 6.92 Å². The number of nitrogens with two attached hydrogens (primary N) is 1. The lowest BCUT2D eigenvalue weighted by atomic mass is 10.2. The van der Waals surface area contributed by atoms with E-state index in [9.17, 15) is 0 Å². The van der Waals surface area contributed by atoms with Crippen LogP contribution in [0.2, 0.25) is 0 Å². The van der Waals surface area contributed by atoms with Gasteiger partial charge in [-0.05, 0) is 19.1 Å². The van der Waals surface area contributed by atoms with Gasteiger partial charge in [-0.2, -0.15) is 5.10 Å². The quantitative estimate of drug-likeness (QED) is 0.852. The summed E-state index contributed by atoms with van der Waals surface area (Å²) in [5, 5.41) is 4.57. The first-order valence-corrected chi connectivity index (χ1v) is 5.74. The van der Waals surface area contributed by atoms with E-state index >= 15 is 0 Å². The fourth-order valence-electron chi connectivity index (χ4n) is 2.18. The largest absolute Gasteiger partial charge is 0.370 e. The van der Waals surface area contributed by atoms with Gasteiger partial charge in [-0.25, -0.2) is 4.68 Å². The summed E-state index contributed by atoms with van der Waals surface area (Å²) in [5.41, 5.74) is 11.4. The first kappa shape index (κ1) is 10.5. The summed E-state index contributed by atoms with van der Waals surface area (Å²) in [5.74, 6) is 0. The molecule has 1 aliphatic rings. The molecule has 0 bridgehead atoms. The van der Waals surface area contributed by atoms with Crippen LogP contribution in [-0.2, 0) is 24.5 Å². The molecular formula is C13H15N3O. The number of hydrogen-bond donors (Lipinski definition) is 1. The van der Waals surface area contributed by atoms with Crippen molar-refractivity contribution < 1.29 is 4.74 Å². The Hall–Kier alpha value is -1.65. The Morgan fingerprint density at radius 1 is 1.29 bits per heavy atom. The van der Waals surface area contributed by atoms with Crippen LogP contribution >= 0.6 is 0 Å². The molecule has 0 aliphatic carbocycles. The van der Waals surface area contributed by atoms with E-state index in [4.69, 9.17) is 10.5 Å². The molecule has 1 aromatic heterocycles. The topological polar surface area (TPSA) is 53.1 Å². The monoisotopic (exact) mass is 229 g/mol. The predicted molar refractivity (Wildman–Crippen MR) is 64.7 cm³/mol. The second kappa shape index (κ2) is 3.98. The zero-order valence-corrected chi connectivity index (χ0v) is 9.81. The summed E-state index contributed by atoms with van der Waals surface area (Å²) in [6, 6.07) is 8.30. The number of rotatable bonds is 2. The highest BCUT2D eigenvalue weighted by atomic mass is 16.5. The molecule has 0 saturated heterocycles. The molecule has 4 nitrogen and oxygen atoms in total. The van der Waals surface area contributed by atoms with Crippen molar-refractivity contribution in [2.75, 3.05) is 0 Å². The van der Waals surface area contributed by atoms with Gasteiger partial charge in [0.2, 0.25) is 0 Å². The van der Waals surface area contributed by atoms with Crippen LogP contribution in [0.4, 0.5) is 0 Å². The van der Waals surface area contributed by atoms with Gasteiger partial charge in [0.25, 0.3) is 0 Å². The van der Waals surface area contributed by atoms with Crippen LogP contribution in [0.1, 0.15) is 22.5 Å². The zero-order valence-electron chi connectivity index (χ0n) is 9.81. The molecule has 4 heteroatoms. The van der Waals surface area contributed by atoms with Crippen molar-refractivity contribution in [3.8, 4) is 5.69 Å². The Balaban J connectivity index is 2.11. The van der Waals surface area contributed by atoms with Gasteiger partial charge in [0.15, 0.2) is 0 Å². The molecule has 88 valence electrons. The van der Waals surface area contributed by atoms with E-state index in [-0.39, 0.29) is 0 Å². The highest BCUT2D eigenvalue weighted by molar-refractivity contribution is 5.39. The minimum atomic E-state index is 0.486. The van der Waals surface area contributed by atoms with Crippen molar-refractivity contribution in [2.45, 2.75) is 26.7 Å². The number of fused-ring (bicyclic) bond motifs is 1. The maximum atomic E-state index is 5.82. The van der Waals surface area contributed by atoms with Crippen molar-refractivity contribution in [3.63, 3.8) is 0 Å². The molecule has 0 atom stereocenters. The van der Waals surface area contributed by atoms with Gasteiger partial charge < -0.3 is 10.5 Å². The van der Waals surface area contributed by atoms with Gasteiger partial charge in [0, 0.05) is 12.1 Å². The van der Waals surface area contributed by atoms with Crippen molar-refractivity contribution in [1.82, 2.24) is 9.78 Å². The summed E-state index contributed by atoms with van der Waals surface area (Å²) in [6.07, 6.45) is 0. The Morgan fingerprint density at radius 3 is 2.76 bits per heavy atom. The summed E-state index contributed by atoms with van der Waals surface area (Å²) in [6.45, 7) is 3.79. The van der Waals surface area contributed by atoms with Crippen LogP contribution in [0.3, 0.4) is 0 Å². The second-order valence-electron chi connectivity index (χ2n) is 4.32. The van der Waals surface area contributed by atoms with Gasteiger partial charge in [0.05, 0.1) is 30.3 Å². The normalized spacial score (nSPS) is 14.0. The van der Waals surface area contributed by atoms with E-state index in [0.717, 1.165) is 22.6 Å². The summed E-state index contributed by atoms with van der Waals surface area (Å²) in [7, 11) is 0. The Bertz CT molecular complexity index is 543. The molecular weight excluding hydrogens is 214 g/mol. The third-order valence-electron chi connectivity index (χ3n) is 3.13. The molecule has 1 aliphatic heterocycles. The molecule has 17 heavy (non-hydrogen) atoms. The minimum Gasteiger partial charge on any atom is -0.370 e. The SMILES string of the molecule is Cc1ccc(-n2nc3c(c2CN)COC3)cc1. The van der Waals surface area contributed by atoms with E-state index in [0.29, 0.717) is 19.8 Å². The standard InChI is InChI=1S/C13H15N3O/c1-9-2-4-10(5-3-9)16-13(6-14)11-7-17-8-12(11)15-16/h2-5H,6-8,14H2,1H3. The first-order chi connectivity index (χ1) is 8.29. The molecule has 0 radical (unpaired) electrons. The van der Waals surface area contributed by atoms with Crippen molar-refractivity contribution in [1.29, 1.82) is 0 Å². The van der Waals surface area contributed by atoms with Gasteiger partial charge in [-0.1, -0.05) is 17.7 Å².